The quantitative estimate of drug-likeness (QED) is 0.933. The Kier molecular flexibility index (Phi) is 3.91. The van der Waals surface area contributed by atoms with E-state index in [1.54, 1.807) is 0 Å². The van der Waals surface area contributed by atoms with Crippen LogP contribution < -0.4 is 10.1 Å². The van der Waals surface area contributed by atoms with Gasteiger partial charge >= 0.3 is 0 Å². The molecule has 1 amide bonds. The number of carbonyl (C=O) groups is 1. The summed E-state index contributed by atoms with van der Waals surface area (Å²) in [4.78, 5) is 11.4. The molecule has 0 unspecified atom stereocenters. The Bertz CT molecular complexity index is 664. The molecule has 0 atom stereocenters. The van der Waals surface area contributed by atoms with Gasteiger partial charge < -0.3 is 10.1 Å². The number of hydrogen-bond acceptors (Lipinski definition) is 2. The molecule has 2 aromatic rings. The molecule has 0 aromatic heterocycles. The number of amides is 1. The molecule has 0 saturated heterocycles. The van der Waals surface area contributed by atoms with Crippen molar-refractivity contribution in [1.29, 1.82) is 0 Å². The van der Waals surface area contributed by atoms with Crippen molar-refractivity contribution in [3.63, 3.8) is 0 Å². The molecule has 1 aliphatic rings. The lowest BCUT2D eigenvalue weighted by Gasteiger charge is -2.18. The smallest absolute Gasteiger partial charge is 0.262 e. The first-order chi connectivity index (χ1) is 10.3. The van der Waals surface area contributed by atoms with Crippen molar-refractivity contribution in [1.82, 2.24) is 0 Å². The second-order valence-electron chi connectivity index (χ2n) is 5.29. The predicted octanol–water partition coefficient (Wildman–Crippen LogP) is 3.37. The van der Waals surface area contributed by atoms with E-state index in [9.17, 15) is 4.79 Å². The highest BCUT2D eigenvalue weighted by Gasteiger charge is 2.15. The number of aryl methyl sites for hydroxylation is 3. The molecule has 0 fully saturated rings. The van der Waals surface area contributed by atoms with Gasteiger partial charge in [0.1, 0.15) is 5.75 Å². The number of ether oxygens (including phenoxy) is 1. The van der Waals surface area contributed by atoms with Gasteiger partial charge in [-0.15, -0.1) is 0 Å². The fraction of sp³-hybridized carbons (Fsp3) is 0.278. The number of nitrogens with one attached hydrogen (secondary N) is 1. The second kappa shape index (κ2) is 6.00. The predicted molar refractivity (Wildman–Crippen MR) is 83.8 cm³/mol. The van der Waals surface area contributed by atoms with Crippen LogP contribution in [0, 0.1) is 0 Å². The van der Waals surface area contributed by atoms with Gasteiger partial charge in [-0.1, -0.05) is 37.3 Å². The molecule has 108 valence electrons. The fourth-order valence-corrected chi connectivity index (χ4v) is 2.71. The van der Waals surface area contributed by atoms with Crippen LogP contribution in [0.15, 0.2) is 42.5 Å². The number of carbonyl (C=O) groups excluding carboxylic acids is 1. The van der Waals surface area contributed by atoms with Crippen LogP contribution in [0.5, 0.6) is 5.75 Å². The first-order valence-corrected chi connectivity index (χ1v) is 7.38. The zero-order chi connectivity index (χ0) is 14.7. The summed E-state index contributed by atoms with van der Waals surface area (Å²) in [5.74, 6) is 0.670. The summed E-state index contributed by atoms with van der Waals surface area (Å²) in [6.07, 6.45) is 3.03. The van der Waals surface area contributed by atoms with Crippen molar-refractivity contribution < 1.29 is 9.53 Å². The molecule has 0 bridgehead atoms. The van der Waals surface area contributed by atoms with E-state index in [1.807, 2.05) is 12.1 Å². The molecule has 0 saturated carbocycles. The van der Waals surface area contributed by atoms with Gasteiger partial charge in [-0.25, -0.2) is 0 Å². The normalized spacial score (nSPS) is 13.3. The van der Waals surface area contributed by atoms with Crippen LogP contribution in [0.1, 0.15) is 23.6 Å². The maximum atomic E-state index is 11.4. The van der Waals surface area contributed by atoms with E-state index >= 15 is 0 Å². The number of hydrogen-bond donors (Lipinski definition) is 1. The molecule has 1 N–H and O–H groups in total. The molecule has 0 aliphatic carbocycles. The number of anilines is 1. The van der Waals surface area contributed by atoms with Gasteiger partial charge in [0.05, 0.1) is 5.69 Å². The van der Waals surface area contributed by atoms with Crippen LogP contribution in [0.3, 0.4) is 0 Å². The third-order valence-corrected chi connectivity index (χ3v) is 3.86. The largest absolute Gasteiger partial charge is 0.482 e. The van der Waals surface area contributed by atoms with Gasteiger partial charge in [0.2, 0.25) is 0 Å². The van der Waals surface area contributed by atoms with Crippen LogP contribution in [0.2, 0.25) is 0 Å². The highest BCUT2D eigenvalue weighted by molar-refractivity contribution is 5.95. The Balaban J connectivity index is 1.74. The highest BCUT2D eigenvalue weighted by Crippen LogP contribution is 2.29. The van der Waals surface area contributed by atoms with Crippen LogP contribution >= 0.6 is 0 Å². The maximum Gasteiger partial charge on any atom is 0.262 e. The highest BCUT2D eigenvalue weighted by atomic mass is 16.5. The standard InChI is InChI=1S/C18H19NO2/c1-2-14-5-3-4-6-15(14)9-7-13-8-10-17-16(11-13)19-18(20)12-21-17/h3-6,8,10-11H,2,7,9,12H2,1H3,(H,19,20). The Labute approximate surface area is 124 Å². The summed E-state index contributed by atoms with van der Waals surface area (Å²) < 4.78 is 5.38. The summed E-state index contributed by atoms with van der Waals surface area (Å²) in [5.41, 5.74) is 4.81. The molecule has 3 heteroatoms. The molecule has 2 aromatic carbocycles. The van der Waals surface area contributed by atoms with Crippen molar-refractivity contribution in [3.05, 3.63) is 59.2 Å². The van der Waals surface area contributed by atoms with Crippen molar-refractivity contribution in [3.8, 4) is 5.75 Å². The van der Waals surface area contributed by atoms with Gasteiger partial charge in [0, 0.05) is 0 Å². The Morgan fingerprint density at radius 1 is 1.10 bits per heavy atom. The summed E-state index contributed by atoms with van der Waals surface area (Å²) in [5, 5.41) is 2.86. The topological polar surface area (TPSA) is 38.3 Å². The molecular formula is C18H19NO2. The summed E-state index contributed by atoms with van der Waals surface area (Å²) in [6.45, 7) is 2.29. The monoisotopic (exact) mass is 281 g/mol. The van der Waals surface area contributed by atoms with E-state index in [2.05, 4.69) is 42.6 Å². The number of rotatable bonds is 4. The zero-order valence-corrected chi connectivity index (χ0v) is 12.2. The van der Waals surface area contributed by atoms with Crippen molar-refractivity contribution in [2.75, 3.05) is 11.9 Å². The third kappa shape index (κ3) is 3.07. The van der Waals surface area contributed by atoms with Gasteiger partial charge in [-0.3, -0.25) is 4.79 Å². The molecule has 3 rings (SSSR count). The van der Waals surface area contributed by atoms with E-state index in [1.165, 1.54) is 16.7 Å². The van der Waals surface area contributed by atoms with Crippen molar-refractivity contribution in [2.24, 2.45) is 0 Å². The molecule has 1 heterocycles. The Morgan fingerprint density at radius 2 is 1.90 bits per heavy atom. The average molecular weight is 281 g/mol. The van der Waals surface area contributed by atoms with Gasteiger partial charge in [-0.05, 0) is 48.1 Å². The lowest BCUT2D eigenvalue weighted by Crippen LogP contribution is -2.25. The molecule has 0 radical (unpaired) electrons. The molecule has 1 aliphatic heterocycles. The van der Waals surface area contributed by atoms with Crippen LogP contribution in [0.4, 0.5) is 5.69 Å². The van der Waals surface area contributed by atoms with E-state index in [0.29, 0.717) is 0 Å². The zero-order valence-electron chi connectivity index (χ0n) is 12.2. The maximum absolute atomic E-state index is 11.4. The van der Waals surface area contributed by atoms with Gasteiger partial charge in [0.15, 0.2) is 6.61 Å². The molecular weight excluding hydrogens is 262 g/mol. The summed E-state index contributed by atoms with van der Waals surface area (Å²) in [7, 11) is 0. The van der Waals surface area contributed by atoms with Gasteiger partial charge in [0.25, 0.3) is 5.91 Å². The Morgan fingerprint density at radius 3 is 2.71 bits per heavy atom. The minimum absolute atomic E-state index is 0.0871. The minimum Gasteiger partial charge on any atom is -0.482 e. The van der Waals surface area contributed by atoms with E-state index in [4.69, 9.17) is 4.74 Å². The van der Waals surface area contributed by atoms with E-state index in [-0.39, 0.29) is 12.5 Å². The summed E-state index contributed by atoms with van der Waals surface area (Å²) in [6, 6.07) is 14.6. The third-order valence-electron chi connectivity index (χ3n) is 3.86. The molecule has 0 spiro atoms. The van der Waals surface area contributed by atoms with Crippen LogP contribution in [-0.2, 0) is 24.1 Å². The van der Waals surface area contributed by atoms with E-state index < -0.39 is 0 Å². The van der Waals surface area contributed by atoms with Crippen molar-refractivity contribution in [2.45, 2.75) is 26.2 Å². The van der Waals surface area contributed by atoms with Crippen LogP contribution in [0.25, 0.3) is 0 Å². The molecule has 21 heavy (non-hydrogen) atoms. The van der Waals surface area contributed by atoms with E-state index in [0.717, 1.165) is 30.7 Å². The SMILES string of the molecule is CCc1ccccc1CCc1ccc2c(c1)NC(=O)CO2. The lowest BCUT2D eigenvalue weighted by molar-refractivity contribution is -0.118. The molecule has 3 nitrogen and oxygen atoms in total. The first kappa shape index (κ1) is 13.7. The Hall–Kier alpha value is -2.29. The van der Waals surface area contributed by atoms with Crippen molar-refractivity contribution >= 4 is 11.6 Å². The first-order valence-electron chi connectivity index (χ1n) is 7.38. The fourth-order valence-electron chi connectivity index (χ4n) is 2.71. The average Bonchev–Trinajstić information content (AvgIpc) is 2.52. The van der Waals surface area contributed by atoms with Crippen LogP contribution in [-0.4, -0.2) is 12.5 Å². The summed E-state index contributed by atoms with van der Waals surface area (Å²) >= 11 is 0. The lowest BCUT2D eigenvalue weighted by atomic mass is 9.98. The number of benzene rings is 2. The van der Waals surface area contributed by atoms with Gasteiger partial charge in [-0.2, -0.15) is 0 Å². The number of fused-ring (bicyclic) bond motifs is 1. The minimum atomic E-state index is -0.0871. The second-order valence-corrected chi connectivity index (χ2v) is 5.29.